The maximum atomic E-state index is 5.18. The van der Waals surface area contributed by atoms with Crippen LogP contribution in [0.5, 0.6) is 0 Å². The fourth-order valence-electron chi connectivity index (χ4n) is 2.32. The maximum Gasteiger partial charge on any atom is 0.133 e. The molecule has 5 heteroatoms. The minimum absolute atomic E-state index is 0.184. The van der Waals surface area contributed by atoms with Gasteiger partial charge in [0.05, 0.1) is 13.2 Å². The molecule has 18 heavy (non-hydrogen) atoms. The Balaban J connectivity index is 4.33. The molecule has 0 spiro atoms. The summed E-state index contributed by atoms with van der Waals surface area (Å²) in [4.78, 5) is 6.24. The Hall–Kier alpha value is 0.0569. The summed E-state index contributed by atoms with van der Waals surface area (Å²) in [6, 6.07) is 0. The van der Waals surface area contributed by atoms with Crippen LogP contribution in [-0.4, -0.2) is 65.4 Å². The molecule has 0 saturated heterocycles. The molecule has 0 amide bonds. The van der Waals surface area contributed by atoms with Crippen LogP contribution in [0.15, 0.2) is 0 Å². The highest BCUT2D eigenvalue weighted by Crippen LogP contribution is 2.09. The maximum absolute atomic E-state index is 5.18. The van der Waals surface area contributed by atoms with Crippen LogP contribution in [0.1, 0.15) is 20.8 Å². The lowest BCUT2D eigenvalue weighted by Crippen LogP contribution is -2.60. The van der Waals surface area contributed by atoms with Gasteiger partial charge in [0, 0.05) is 39.0 Å². The molecule has 0 aromatic heterocycles. The van der Waals surface area contributed by atoms with Crippen LogP contribution in [-0.2, 0) is 9.47 Å². The van der Waals surface area contributed by atoms with Gasteiger partial charge in [-0.05, 0) is 20.8 Å². The van der Waals surface area contributed by atoms with Gasteiger partial charge in [-0.2, -0.15) is 0 Å². The summed E-state index contributed by atoms with van der Waals surface area (Å²) in [7, 11) is 2.07. The molecule has 0 aromatic rings. The lowest BCUT2D eigenvalue weighted by Gasteiger charge is -2.37. The molecule has 0 fully saturated rings. The third kappa shape index (κ3) is 10.0. The number of hydrogen-bond donors (Lipinski definition) is 1. The summed E-state index contributed by atoms with van der Waals surface area (Å²) in [6.07, 6.45) is 1.12. The summed E-state index contributed by atoms with van der Waals surface area (Å²) in [5, 5.41) is 0. The first-order chi connectivity index (χ1) is 8.20. The molecule has 0 heterocycles. The van der Waals surface area contributed by atoms with Crippen molar-refractivity contribution >= 4 is 8.24 Å². The fraction of sp³-hybridized carbons (Fsp3) is 1.00. The van der Waals surface area contributed by atoms with E-state index < -0.39 is 8.24 Å². The number of hydrogen-bond acceptors (Lipinski definition) is 4. The molecule has 0 unspecified atom stereocenters. The topological polar surface area (TPSA) is 33.7 Å². The predicted molar refractivity (Wildman–Crippen MR) is 80.6 cm³/mol. The van der Waals surface area contributed by atoms with E-state index in [4.69, 9.17) is 9.47 Å². The molecular formula is C13H32N2O2Si. The summed E-state index contributed by atoms with van der Waals surface area (Å²) in [5.74, 6) is 0. The van der Waals surface area contributed by atoms with Crippen molar-refractivity contribution in [3.05, 3.63) is 0 Å². The van der Waals surface area contributed by atoms with Gasteiger partial charge in [-0.1, -0.05) is 13.1 Å². The molecule has 0 radical (unpaired) electrons. The highest BCUT2D eigenvalue weighted by atomic mass is 28.3. The van der Waals surface area contributed by atoms with Crippen LogP contribution in [0.2, 0.25) is 13.1 Å². The standard InChI is InChI=1S/C13H32N2O2Si/c1-13(2,3)14-18(6,7)12-15(8-10-16-4)9-11-17-5/h14H,8-12H2,1-7H3. The van der Waals surface area contributed by atoms with Crippen LogP contribution >= 0.6 is 0 Å². The molecule has 0 rings (SSSR count). The molecular weight excluding hydrogens is 244 g/mol. The zero-order valence-corrected chi connectivity index (χ0v) is 14.3. The zero-order valence-electron chi connectivity index (χ0n) is 13.3. The van der Waals surface area contributed by atoms with Gasteiger partial charge in [0.1, 0.15) is 8.24 Å². The summed E-state index contributed by atoms with van der Waals surface area (Å²) in [6.45, 7) is 15.0. The monoisotopic (exact) mass is 276 g/mol. The minimum atomic E-state index is -1.44. The van der Waals surface area contributed by atoms with E-state index in [9.17, 15) is 0 Å². The van der Waals surface area contributed by atoms with Gasteiger partial charge in [-0.3, -0.25) is 0 Å². The first kappa shape index (κ1) is 18.1. The number of methoxy groups -OCH3 is 2. The summed E-state index contributed by atoms with van der Waals surface area (Å²) < 4.78 is 10.4. The molecule has 0 aliphatic heterocycles. The van der Waals surface area contributed by atoms with Gasteiger partial charge < -0.3 is 19.4 Å². The lowest BCUT2D eigenvalue weighted by atomic mass is 10.1. The van der Waals surface area contributed by atoms with Crippen molar-refractivity contribution in [3.63, 3.8) is 0 Å². The molecule has 110 valence electrons. The van der Waals surface area contributed by atoms with E-state index in [1.165, 1.54) is 0 Å². The first-order valence-electron chi connectivity index (χ1n) is 6.70. The van der Waals surface area contributed by atoms with E-state index >= 15 is 0 Å². The van der Waals surface area contributed by atoms with E-state index in [0.717, 1.165) is 32.5 Å². The largest absolute Gasteiger partial charge is 0.383 e. The van der Waals surface area contributed by atoms with Crippen molar-refractivity contribution in [2.24, 2.45) is 0 Å². The zero-order chi connectivity index (χ0) is 14.2. The van der Waals surface area contributed by atoms with Crippen LogP contribution in [0.4, 0.5) is 0 Å². The SMILES string of the molecule is COCCN(CCOC)C[Si](C)(C)NC(C)(C)C. The van der Waals surface area contributed by atoms with Gasteiger partial charge in [0.25, 0.3) is 0 Å². The van der Waals surface area contributed by atoms with Crippen molar-refractivity contribution in [1.29, 1.82) is 0 Å². The molecule has 0 aliphatic carbocycles. The van der Waals surface area contributed by atoms with Crippen molar-refractivity contribution in [1.82, 2.24) is 9.88 Å². The van der Waals surface area contributed by atoms with E-state index in [1.54, 1.807) is 14.2 Å². The minimum Gasteiger partial charge on any atom is -0.383 e. The Labute approximate surface area is 114 Å². The number of nitrogens with zero attached hydrogens (tertiary/aromatic N) is 1. The molecule has 0 aliphatic rings. The predicted octanol–water partition coefficient (Wildman–Crippen LogP) is 1.71. The number of rotatable bonds is 9. The fourth-order valence-corrected chi connectivity index (χ4v) is 5.87. The third-order valence-corrected chi connectivity index (χ3v) is 5.22. The number of ether oxygens (including phenoxy) is 2. The Bertz CT molecular complexity index is 210. The highest BCUT2D eigenvalue weighted by molar-refractivity contribution is 6.75. The van der Waals surface area contributed by atoms with Crippen LogP contribution in [0.3, 0.4) is 0 Å². The quantitative estimate of drug-likeness (QED) is 0.650. The second kappa shape index (κ2) is 8.27. The molecule has 0 atom stereocenters. The average Bonchev–Trinajstić information content (AvgIpc) is 2.18. The molecule has 0 saturated carbocycles. The van der Waals surface area contributed by atoms with Crippen molar-refractivity contribution < 1.29 is 9.47 Å². The van der Waals surface area contributed by atoms with E-state index in [2.05, 4.69) is 43.7 Å². The lowest BCUT2D eigenvalue weighted by molar-refractivity contribution is 0.123. The Morgan fingerprint density at radius 2 is 1.44 bits per heavy atom. The van der Waals surface area contributed by atoms with Gasteiger partial charge in [-0.15, -0.1) is 0 Å². The van der Waals surface area contributed by atoms with Gasteiger partial charge in [-0.25, -0.2) is 0 Å². The molecule has 4 nitrogen and oxygen atoms in total. The Kier molecular flexibility index (Phi) is 8.30. The Morgan fingerprint density at radius 1 is 1.00 bits per heavy atom. The first-order valence-corrected chi connectivity index (χ1v) is 9.90. The van der Waals surface area contributed by atoms with Crippen LogP contribution in [0, 0.1) is 0 Å². The smallest absolute Gasteiger partial charge is 0.133 e. The second-order valence-electron chi connectivity index (χ2n) is 6.52. The van der Waals surface area contributed by atoms with Gasteiger partial charge >= 0.3 is 0 Å². The van der Waals surface area contributed by atoms with Gasteiger partial charge in [0.15, 0.2) is 0 Å². The van der Waals surface area contributed by atoms with E-state index in [-0.39, 0.29) is 5.54 Å². The molecule has 1 N–H and O–H groups in total. The van der Waals surface area contributed by atoms with E-state index in [0.29, 0.717) is 0 Å². The molecule has 0 aromatic carbocycles. The summed E-state index contributed by atoms with van der Waals surface area (Å²) in [5.41, 5.74) is 0.184. The van der Waals surface area contributed by atoms with Crippen molar-refractivity contribution in [2.45, 2.75) is 39.4 Å². The van der Waals surface area contributed by atoms with Crippen molar-refractivity contribution in [2.75, 3.05) is 46.7 Å². The Morgan fingerprint density at radius 3 is 1.78 bits per heavy atom. The molecule has 0 bridgehead atoms. The normalized spacial score (nSPS) is 13.3. The highest BCUT2D eigenvalue weighted by Gasteiger charge is 2.28. The van der Waals surface area contributed by atoms with Gasteiger partial charge in [0.2, 0.25) is 0 Å². The van der Waals surface area contributed by atoms with E-state index in [1.807, 2.05) is 0 Å². The average molecular weight is 276 g/mol. The van der Waals surface area contributed by atoms with Crippen LogP contribution in [0.25, 0.3) is 0 Å². The van der Waals surface area contributed by atoms with Crippen LogP contribution < -0.4 is 4.98 Å². The third-order valence-electron chi connectivity index (χ3n) is 2.56. The van der Waals surface area contributed by atoms with Crippen molar-refractivity contribution in [3.8, 4) is 0 Å². The summed E-state index contributed by atoms with van der Waals surface area (Å²) >= 11 is 0. The second-order valence-corrected chi connectivity index (χ2v) is 10.9. The number of nitrogens with one attached hydrogen (secondary N) is 1.